The number of ether oxygens (including phenoxy) is 1. The third-order valence-electron chi connectivity index (χ3n) is 2.92. The molecule has 0 aromatic heterocycles. The smallest absolute Gasteiger partial charge is 0.237 e. The molecule has 0 aliphatic heterocycles. The number of carbonyl (C=O) groups is 1. The number of anilines is 1. The molecule has 0 aliphatic rings. The Balaban J connectivity index is 1.99. The van der Waals surface area contributed by atoms with Gasteiger partial charge in [-0.2, -0.15) is 0 Å². The summed E-state index contributed by atoms with van der Waals surface area (Å²) in [7, 11) is 1.53. The van der Waals surface area contributed by atoms with Gasteiger partial charge in [-0.15, -0.1) is 11.8 Å². The van der Waals surface area contributed by atoms with Gasteiger partial charge >= 0.3 is 0 Å². The average molecular weight is 340 g/mol. The van der Waals surface area contributed by atoms with Crippen molar-refractivity contribution in [3.63, 3.8) is 0 Å². The first-order valence-corrected chi connectivity index (χ1v) is 7.82. The van der Waals surface area contributed by atoms with Crippen molar-refractivity contribution < 1.29 is 13.9 Å². The maximum Gasteiger partial charge on any atom is 0.237 e. The van der Waals surface area contributed by atoms with Gasteiger partial charge in [0.1, 0.15) is 11.6 Å². The first-order chi connectivity index (χ1) is 10.5. The van der Waals surface area contributed by atoms with Crippen molar-refractivity contribution in [2.24, 2.45) is 0 Å². The molecule has 3 nitrogen and oxygen atoms in total. The fourth-order valence-electron chi connectivity index (χ4n) is 1.76. The molecule has 0 heterocycles. The average Bonchev–Trinajstić information content (AvgIpc) is 2.49. The Morgan fingerprint density at radius 3 is 2.55 bits per heavy atom. The number of hydrogen-bond acceptors (Lipinski definition) is 3. The Bertz CT molecular complexity index is 664. The molecule has 0 saturated carbocycles. The normalized spacial score (nSPS) is 11.8. The number of methoxy groups -OCH3 is 1. The van der Waals surface area contributed by atoms with Gasteiger partial charge < -0.3 is 10.1 Å². The van der Waals surface area contributed by atoms with Crippen LogP contribution >= 0.6 is 23.4 Å². The van der Waals surface area contributed by atoms with Crippen molar-refractivity contribution in [1.29, 1.82) is 0 Å². The Morgan fingerprint density at radius 2 is 1.95 bits per heavy atom. The molecule has 22 heavy (non-hydrogen) atoms. The highest BCUT2D eigenvalue weighted by atomic mass is 35.5. The number of halogens is 2. The lowest BCUT2D eigenvalue weighted by atomic mass is 10.3. The molecule has 0 unspecified atom stereocenters. The summed E-state index contributed by atoms with van der Waals surface area (Å²) in [6.45, 7) is 1.79. The highest BCUT2D eigenvalue weighted by Crippen LogP contribution is 2.28. The Morgan fingerprint density at radius 1 is 1.27 bits per heavy atom. The second-order valence-electron chi connectivity index (χ2n) is 4.55. The first-order valence-electron chi connectivity index (χ1n) is 6.56. The lowest BCUT2D eigenvalue weighted by Crippen LogP contribution is -2.22. The number of amides is 1. The zero-order valence-electron chi connectivity index (χ0n) is 12.1. The van der Waals surface area contributed by atoms with E-state index in [4.69, 9.17) is 16.3 Å². The highest BCUT2D eigenvalue weighted by molar-refractivity contribution is 8.00. The highest BCUT2D eigenvalue weighted by Gasteiger charge is 2.15. The number of benzene rings is 2. The molecule has 6 heteroatoms. The van der Waals surface area contributed by atoms with E-state index >= 15 is 0 Å². The standard InChI is InChI=1S/C16H15ClFNO2S/c1-10(22-13-6-3-11(18)4-7-13)16(20)19-12-5-8-15(21-2)14(17)9-12/h3-10H,1-2H3,(H,19,20)/t10-/m0/s1. The molecule has 0 spiro atoms. The van der Waals surface area contributed by atoms with Crippen LogP contribution in [0.4, 0.5) is 10.1 Å². The van der Waals surface area contributed by atoms with Crippen molar-refractivity contribution in [3.8, 4) is 5.75 Å². The zero-order chi connectivity index (χ0) is 16.1. The summed E-state index contributed by atoms with van der Waals surface area (Å²) in [4.78, 5) is 13.0. The molecular weight excluding hydrogens is 325 g/mol. The van der Waals surface area contributed by atoms with Crippen LogP contribution in [-0.2, 0) is 4.79 Å². The molecule has 2 aromatic carbocycles. The third kappa shape index (κ3) is 4.39. The molecule has 2 aromatic rings. The van der Waals surface area contributed by atoms with Crippen LogP contribution in [-0.4, -0.2) is 18.3 Å². The SMILES string of the molecule is COc1ccc(NC(=O)[C@H](C)Sc2ccc(F)cc2)cc1Cl. The van der Waals surface area contributed by atoms with E-state index in [1.54, 1.807) is 37.3 Å². The number of hydrogen-bond donors (Lipinski definition) is 1. The van der Waals surface area contributed by atoms with Crippen LogP contribution in [0.1, 0.15) is 6.92 Å². The molecular formula is C16H15ClFNO2S. The number of thioether (sulfide) groups is 1. The van der Waals surface area contributed by atoms with Gasteiger partial charge in [0, 0.05) is 10.6 Å². The Labute approximate surface area is 137 Å². The molecule has 0 aliphatic carbocycles. The van der Waals surface area contributed by atoms with E-state index in [9.17, 15) is 9.18 Å². The lowest BCUT2D eigenvalue weighted by Gasteiger charge is -2.13. The minimum atomic E-state index is -0.327. The van der Waals surface area contributed by atoms with Crippen LogP contribution in [0.25, 0.3) is 0 Å². The molecule has 0 radical (unpaired) electrons. The monoisotopic (exact) mass is 339 g/mol. The fourth-order valence-corrected chi connectivity index (χ4v) is 2.88. The first kappa shape index (κ1) is 16.6. The number of carbonyl (C=O) groups excluding carboxylic acids is 1. The van der Waals surface area contributed by atoms with Crippen LogP contribution < -0.4 is 10.1 Å². The van der Waals surface area contributed by atoms with Crippen LogP contribution in [0, 0.1) is 5.82 Å². The molecule has 1 atom stereocenters. The molecule has 1 amide bonds. The van der Waals surface area contributed by atoms with Crippen LogP contribution in [0.2, 0.25) is 5.02 Å². The molecule has 116 valence electrons. The summed E-state index contributed by atoms with van der Waals surface area (Å²) in [5, 5.41) is 2.89. The topological polar surface area (TPSA) is 38.3 Å². The fraction of sp³-hybridized carbons (Fsp3) is 0.188. The van der Waals surface area contributed by atoms with E-state index < -0.39 is 0 Å². The van der Waals surface area contributed by atoms with Crippen molar-refractivity contribution in [1.82, 2.24) is 0 Å². The molecule has 1 N–H and O–H groups in total. The maximum absolute atomic E-state index is 12.9. The van der Waals surface area contributed by atoms with Gasteiger partial charge in [0.15, 0.2) is 0 Å². The summed E-state index contributed by atoms with van der Waals surface area (Å²) in [6.07, 6.45) is 0. The minimum absolute atomic E-state index is 0.157. The van der Waals surface area contributed by atoms with Gasteiger partial charge in [0.05, 0.1) is 17.4 Å². The van der Waals surface area contributed by atoms with Gasteiger partial charge in [-0.25, -0.2) is 4.39 Å². The van der Waals surface area contributed by atoms with E-state index in [2.05, 4.69) is 5.32 Å². The van der Waals surface area contributed by atoms with Crippen LogP contribution in [0.3, 0.4) is 0 Å². The second kappa shape index (κ2) is 7.51. The summed E-state index contributed by atoms with van der Waals surface area (Å²) in [5.74, 6) is 0.0956. The van der Waals surface area contributed by atoms with Gasteiger partial charge in [-0.05, 0) is 49.4 Å². The van der Waals surface area contributed by atoms with Gasteiger partial charge in [-0.1, -0.05) is 11.6 Å². The zero-order valence-corrected chi connectivity index (χ0v) is 13.7. The number of rotatable bonds is 5. The van der Waals surface area contributed by atoms with Gasteiger partial charge in [-0.3, -0.25) is 4.79 Å². The van der Waals surface area contributed by atoms with E-state index in [0.29, 0.717) is 16.5 Å². The molecule has 0 saturated heterocycles. The van der Waals surface area contributed by atoms with Crippen molar-refractivity contribution in [2.75, 3.05) is 12.4 Å². The molecule has 0 bridgehead atoms. The number of nitrogens with one attached hydrogen (secondary N) is 1. The second-order valence-corrected chi connectivity index (χ2v) is 6.37. The van der Waals surface area contributed by atoms with E-state index in [1.165, 1.54) is 31.0 Å². The quantitative estimate of drug-likeness (QED) is 0.808. The van der Waals surface area contributed by atoms with Crippen molar-refractivity contribution in [2.45, 2.75) is 17.1 Å². The van der Waals surface area contributed by atoms with Crippen LogP contribution in [0.5, 0.6) is 5.75 Å². The van der Waals surface area contributed by atoms with E-state index in [0.717, 1.165) is 4.90 Å². The van der Waals surface area contributed by atoms with Gasteiger partial charge in [0.2, 0.25) is 5.91 Å². The lowest BCUT2D eigenvalue weighted by molar-refractivity contribution is -0.115. The van der Waals surface area contributed by atoms with Crippen molar-refractivity contribution >= 4 is 35.0 Å². The predicted molar refractivity (Wildman–Crippen MR) is 88.4 cm³/mol. The summed E-state index contributed by atoms with van der Waals surface area (Å²) < 4.78 is 17.9. The minimum Gasteiger partial charge on any atom is -0.495 e. The summed E-state index contributed by atoms with van der Waals surface area (Å²) in [6, 6.07) is 11.1. The maximum atomic E-state index is 12.9. The summed E-state index contributed by atoms with van der Waals surface area (Å²) >= 11 is 7.38. The Kier molecular flexibility index (Phi) is 5.69. The van der Waals surface area contributed by atoms with Crippen LogP contribution in [0.15, 0.2) is 47.4 Å². The largest absolute Gasteiger partial charge is 0.495 e. The molecule has 2 rings (SSSR count). The van der Waals surface area contributed by atoms with E-state index in [-0.39, 0.29) is 17.0 Å². The third-order valence-corrected chi connectivity index (χ3v) is 4.32. The summed E-state index contributed by atoms with van der Waals surface area (Å²) in [5.41, 5.74) is 0.599. The van der Waals surface area contributed by atoms with Crippen molar-refractivity contribution in [3.05, 3.63) is 53.3 Å². The molecule has 0 fully saturated rings. The Hall–Kier alpha value is -1.72. The van der Waals surface area contributed by atoms with E-state index in [1.807, 2.05) is 0 Å². The predicted octanol–water partition coefficient (Wildman–Crippen LogP) is 4.61. The van der Waals surface area contributed by atoms with Gasteiger partial charge in [0.25, 0.3) is 0 Å².